The van der Waals surface area contributed by atoms with Crippen molar-refractivity contribution in [1.82, 2.24) is 20.2 Å². The van der Waals surface area contributed by atoms with E-state index in [0.29, 0.717) is 18.9 Å². The van der Waals surface area contributed by atoms with Gasteiger partial charge in [0, 0.05) is 44.1 Å². The summed E-state index contributed by atoms with van der Waals surface area (Å²) >= 11 is 0. The van der Waals surface area contributed by atoms with E-state index in [2.05, 4.69) is 48.2 Å². The Kier molecular flexibility index (Phi) is 8.72. The number of aromatic nitrogens is 2. The number of aliphatic hydroxyl groups is 1. The normalized spacial score (nSPS) is 20.4. The van der Waals surface area contributed by atoms with Gasteiger partial charge in [-0.05, 0) is 56.6 Å². The number of ether oxygens (including phenoxy) is 2. The van der Waals surface area contributed by atoms with Crippen LogP contribution in [0.15, 0.2) is 43.5 Å². The highest BCUT2D eigenvalue weighted by atomic mass is 16.5. The third kappa shape index (κ3) is 6.25. The Hall–Kier alpha value is -2.68. The number of nitrogens with zero attached hydrogens (tertiary/aromatic N) is 2. The monoisotopic (exact) mass is 510 g/mol. The maximum Gasteiger partial charge on any atom is 0.249 e. The molecule has 1 spiro atoms. The molecule has 0 radical (unpaired) electrons. The second kappa shape index (κ2) is 11.8. The molecule has 1 aromatic carbocycles. The van der Waals surface area contributed by atoms with E-state index in [-0.39, 0.29) is 17.6 Å². The van der Waals surface area contributed by atoms with Crippen molar-refractivity contribution in [1.29, 1.82) is 0 Å². The first-order valence-electron chi connectivity index (χ1n) is 13.4. The Morgan fingerprint density at radius 1 is 1.38 bits per heavy atom. The van der Waals surface area contributed by atoms with Gasteiger partial charge in [0.15, 0.2) is 0 Å². The third-order valence-corrected chi connectivity index (χ3v) is 7.63. The van der Waals surface area contributed by atoms with E-state index in [1.165, 1.54) is 12.7 Å². The Bertz CT molecular complexity index is 1060. The van der Waals surface area contributed by atoms with Crippen molar-refractivity contribution >= 4 is 5.91 Å². The number of carbonyl (C=O) groups excluding carboxylic acids is 1. The van der Waals surface area contributed by atoms with E-state index < -0.39 is 18.2 Å². The summed E-state index contributed by atoms with van der Waals surface area (Å²) in [6, 6.07) is 4.04. The van der Waals surface area contributed by atoms with Crippen molar-refractivity contribution in [3.8, 4) is 11.4 Å². The van der Waals surface area contributed by atoms with Crippen molar-refractivity contribution in [3.05, 3.63) is 54.6 Å². The van der Waals surface area contributed by atoms with Crippen LogP contribution in [0.5, 0.6) is 5.75 Å². The Morgan fingerprint density at radius 2 is 2.16 bits per heavy atom. The van der Waals surface area contributed by atoms with Crippen molar-refractivity contribution < 1.29 is 19.4 Å². The summed E-state index contributed by atoms with van der Waals surface area (Å²) in [6.07, 6.45) is 11.4. The first kappa shape index (κ1) is 27.4. The molecule has 202 valence electrons. The minimum Gasteiger partial charge on any atom is -0.485 e. The van der Waals surface area contributed by atoms with Gasteiger partial charge in [0.25, 0.3) is 0 Å². The van der Waals surface area contributed by atoms with Crippen LogP contribution in [0, 0.1) is 5.92 Å². The van der Waals surface area contributed by atoms with Gasteiger partial charge in [-0.3, -0.25) is 4.79 Å². The topological polar surface area (TPSA) is 97.6 Å². The van der Waals surface area contributed by atoms with Crippen LogP contribution in [0.25, 0.3) is 5.69 Å². The predicted octanol–water partition coefficient (Wildman–Crippen LogP) is 3.86. The van der Waals surface area contributed by atoms with Crippen LogP contribution in [0.3, 0.4) is 0 Å². The molecule has 2 aromatic rings. The fraction of sp³-hybridized carbons (Fsp3) is 0.586. The lowest BCUT2D eigenvalue weighted by Gasteiger charge is -2.49. The summed E-state index contributed by atoms with van der Waals surface area (Å²) in [4.78, 5) is 16.7. The van der Waals surface area contributed by atoms with E-state index >= 15 is 0 Å². The number of rotatable bonds is 12. The highest BCUT2D eigenvalue weighted by Gasteiger charge is 2.46. The van der Waals surface area contributed by atoms with Gasteiger partial charge in [-0.25, -0.2) is 4.98 Å². The molecule has 4 atom stereocenters. The molecule has 1 unspecified atom stereocenters. The number of amides is 1. The number of aliphatic hydroxyl groups excluding tert-OH is 1. The molecular formula is C29H42N4O4. The van der Waals surface area contributed by atoms with Gasteiger partial charge in [0.1, 0.15) is 17.5 Å². The third-order valence-electron chi connectivity index (χ3n) is 7.63. The highest BCUT2D eigenvalue weighted by Crippen LogP contribution is 2.51. The van der Waals surface area contributed by atoms with E-state index in [0.717, 1.165) is 49.1 Å². The largest absolute Gasteiger partial charge is 0.485 e. The number of imidazole rings is 1. The lowest BCUT2D eigenvalue weighted by Crippen LogP contribution is -2.52. The average molecular weight is 511 g/mol. The zero-order chi connectivity index (χ0) is 26.6. The van der Waals surface area contributed by atoms with E-state index in [9.17, 15) is 9.90 Å². The van der Waals surface area contributed by atoms with Crippen molar-refractivity contribution in [3.63, 3.8) is 0 Å². The molecule has 1 aliphatic heterocycles. The van der Waals surface area contributed by atoms with Gasteiger partial charge in [-0.2, -0.15) is 0 Å². The first-order chi connectivity index (χ1) is 17.7. The number of nitrogens with one attached hydrogen (secondary N) is 2. The minimum absolute atomic E-state index is 0.0195. The van der Waals surface area contributed by atoms with Crippen molar-refractivity contribution in [2.24, 2.45) is 5.92 Å². The fourth-order valence-corrected chi connectivity index (χ4v) is 5.35. The van der Waals surface area contributed by atoms with Gasteiger partial charge in [0.2, 0.25) is 5.91 Å². The van der Waals surface area contributed by atoms with Crippen LogP contribution < -0.4 is 15.4 Å². The summed E-state index contributed by atoms with van der Waals surface area (Å²) in [6.45, 7) is 10.3. The fourth-order valence-electron chi connectivity index (χ4n) is 5.35. The van der Waals surface area contributed by atoms with Crippen LogP contribution in [0.1, 0.15) is 70.0 Å². The first-order valence-corrected chi connectivity index (χ1v) is 13.4. The van der Waals surface area contributed by atoms with Gasteiger partial charge in [-0.15, -0.1) is 6.58 Å². The summed E-state index contributed by atoms with van der Waals surface area (Å²) in [5, 5.41) is 17.6. The van der Waals surface area contributed by atoms with Crippen LogP contribution in [0.4, 0.5) is 0 Å². The molecule has 8 nitrogen and oxygen atoms in total. The summed E-state index contributed by atoms with van der Waals surface area (Å²) in [5.74, 6) is 1.16. The van der Waals surface area contributed by atoms with Crippen LogP contribution in [-0.4, -0.2) is 58.1 Å². The highest BCUT2D eigenvalue weighted by molar-refractivity contribution is 5.80. The molecule has 2 aliphatic rings. The number of methoxy groups -OCH3 is 1. The zero-order valence-corrected chi connectivity index (χ0v) is 22.6. The quantitative estimate of drug-likeness (QED) is 0.375. The molecule has 8 heteroatoms. The predicted molar refractivity (Wildman–Crippen MR) is 144 cm³/mol. The molecule has 3 N–H and O–H groups in total. The SMILES string of the molecule is C=CC[C@H](NC(=O)C(C)OC)[C@H](O)CN[C@H]1CC2(CCC2)Oc2c1cc(CC(C)C)cc2-n1ccnc1. The lowest BCUT2D eigenvalue weighted by atomic mass is 9.72. The number of benzene rings is 1. The molecule has 1 aliphatic carbocycles. The molecule has 0 bridgehead atoms. The van der Waals surface area contributed by atoms with Gasteiger partial charge < -0.3 is 29.8 Å². The summed E-state index contributed by atoms with van der Waals surface area (Å²) < 4.78 is 13.9. The smallest absolute Gasteiger partial charge is 0.249 e. The van der Waals surface area contributed by atoms with Gasteiger partial charge >= 0.3 is 0 Å². The van der Waals surface area contributed by atoms with E-state index in [4.69, 9.17) is 9.47 Å². The van der Waals surface area contributed by atoms with Crippen LogP contribution in [0.2, 0.25) is 0 Å². The van der Waals surface area contributed by atoms with Crippen molar-refractivity contribution in [2.75, 3.05) is 13.7 Å². The molecular weight excluding hydrogens is 468 g/mol. The number of hydrogen-bond donors (Lipinski definition) is 3. The standard InChI is InChI=1S/C29H42N4O4/c1-6-8-23(32-28(35)20(4)36-5)26(34)17-31-24-16-29(9-7-10-29)37-27-22(24)14-21(13-19(2)3)15-25(27)33-12-11-30-18-33/h6,11-12,14-15,18-20,23-24,26,31,34H,1,7-10,13,16-17H2,2-5H3,(H,32,35)/t20?,23-,24-,26+/m0/s1. The molecule has 1 fully saturated rings. The van der Waals surface area contributed by atoms with Gasteiger partial charge in [-0.1, -0.05) is 26.0 Å². The number of fused-ring (bicyclic) bond motifs is 1. The van der Waals surface area contributed by atoms with Crippen molar-refractivity contribution in [2.45, 2.75) is 89.2 Å². The number of hydrogen-bond acceptors (Lipinski definition) is 6. The van der Waals surface area contributed by atoms with Crippen LogP contribution in [-0.2, 0) is 16.0 Å². The molecule has 1 amide bonds. The maximum absolute atomic E-state index is 12.4. The Balaban J connectivity index is 1.61. The average Bonchev–Trinajstić information content (AvgIpc) is 3.39. The zero-order valence-electron chi connectivity index (χ0n) is 22.6. The van der Waals surface area contributed by atoms with Crippen LogP contribution >= 0.6 is 0 Å². The second-order valence-corrected chi connectivity index (χ2v) is 11.0. The second-order valence-electron chi connectivity index (χ2n) is 11.0. The number of carbonyl (C=O) groups is 1. The molecule has 1 saturated carbocycles. The summed E-state index contributed by atoms with van der Waals surface area (Å²) in [7, 11) is 1.50. The molecule has 1 aromatic heterocycles. The Labute approximate surface area is 220 Å². The summed E-state index contributed by atoms with van der Waals surface area (Å²) in [5.41, 5.74) is 3.19. The Morgan fingerprint density at radius 3 is 2.76 bits per heavy atom. The molecule has 2 heterocycles. The van der Waals surface area contributed by atoms with Gasteiger partial charge in [0.05, 0.1) is 24.2 Å². The lowest BCUT2D eigenvalue weighted by molar-refractivity contribution is -0.131. The molecule has 4 rings (SSSR count). The molecule has 0 saturated heterocycles. The minimum atomic E-state index is -0.790. The maximum atomic E-state index is 12.4. The van der Waals surface area contributed by atoms with E-state index in [1.54, 1.807) is 19.2 Å². The van der Waals surface area contributed by atoms with E-state index in [1.807, 2.05) is 17.1 Å². The molecule has 37 heavy (non-hydrogen) atoms.